The van der Waals surface area contributed by atoms with Gasteiger partial charge in [0.2, 0.25) is 12.2 Å². The second-order valence-corrected chi connectivity index (χ2v) is 6.56. The van der Waals surface area contributed by atoms with Crippen LogP contribution in [0.4, 0.5) is 5.69 Å². The molecule has 1 fully saturated rings. The predicted molar refractivity (Wildman–Crippen MR) is 98.0 cm³/mol. The highest BCUT2D eigenvalue weighted by atomic mass is 16.7. The highest BCUT2D eigenvalue weighted by molar-refractivity contribution is 5.94. The Bertz CT molecular complexity index is 726. The molecule has 1 aliphatic heterocycles. The van der Waals surface area contributed by atoms with Crippen LogP contribution in [0, 0.1) is 13.8 Å². The number of hydrogen-bond donors (Lipinski definition) is 6. The van der Waals surface area contributed by atoms with Crippen molar-refractivity contribution in [2.75, 3.05) is 18.4 Å². The summed E-state index contributed by atoms with van der Waals surface area (Å²) >= 11 is 0. The largest absolute Gasteiger partial charge is 0.479 e. The minimum Gasteiger partial charge on any atom is -0.479 e. The molecule has 0 aliphatic carbocycles. The van der Waals surface area contributed by atoms with Crippen LogP contribution < -0.4 is 15.4 Å². The van der Waals surface area contributed by atoms with E-state index >= 15 is 0 Å². The van der Waals surface area contributed by atoms with Crippen molar-refractivity contribution < 1.29 is 39.5 Å². The number of amides is 1. The summed E-state index contributed by atoms with van der Waals surface area (Å²) in [5.74, 6) is -1.52. The van der Waals surface area contributed by atoms with Gasteiger partial charge < -0.3 is 40.5 Å². The Morgan fingerprint density at radius 2 is 1.82 bits per heavy atom. The molecule has 10 heteroatoms. The number of hydrogen-bond acceptors (Lipinski definition) is 8. The number of nitrogens with one attached hydrogen (secondary N) is 2. The second-order valence-electron chi connectivity index (χ2n) is 6.56. The molecule has 1 amide bonds. The summed E-state index contributed by atoms with van der Waals surface area (Å²) in [4.78, 5) is 23.2. The number of carbonyl (C=O) groups is 2. The molecule has 10 nitrogen and oxygen atoms in total. The lowest BCUT2D eigenvalue weighted by molar-refractivity contribution is -0.271. The fraction of sp³-hybridized carbons (Fsp3) is 0.556. The van der Waals surface area contributed by atoms with Crippen LogP contribution in [-0.4, -0.2) is 76.1 Å². The topological polar surface area (TPSA) is 158 Å². The summed E-state index contributed by atoms with van der Waals surface area (Å²) in [6.45, 7) is 6.13. The molecule has 1 heterocycles. The molecule has 1 aromatic carbocycles. The van der Waals surface area contributed by atoms with E-state index in [1.807, 2.05) is 6.92 Å². The third-order valence-electron chi connectivity index (χ3n) is 4.48. The standard InChI is InChI=1S/C18H26N2O8/c1-4-19-7-11(21)20-12-8(2)5-6-10(9(12)3)27-18-15(24)13(22)14(23)16(28-18)17(25)26/h5-6,13-16,18-19,22-24H,4,7H2,1-3H3,(H,20,21)(H,25,26)/t13-,14-,15+,16-,18+/m0/s1. The number of aliphatic hydroxyl groups excluding tert-OH is 3. The van der Waals surface area contributed by atoms with Gasteiger partial charge in [0.15, 0.2) is 6.10 Å². The van der Waals surface area contributed by atoms with E-state index in [0.29, 0.717) is 17.8 Å². The zero-order valence-electron chi connectivity index (χ0n) is 15.9. The zero-order chi connectivity index (χ0) is 21.0. The number of rotatable bonds is 7. The van der Waals surface area contributed by atoms with Gasteiger partial charge in [-0.05, 0) is 32.0 Å². The number of carbonyl (C=O) groups excluding carboxylic acids is 1. The second kappa shape index (κ2) is 9.30. The highest BCUT2D eigenvalue weighted by Crippen LogP contribution is 2.32. The summed E-state index contributed by atoms with van der Waals surface area (Å²) < 4.78 is 10.7. The number of carboxylic acid groups (broad SMARTS) is 1. The quantitative estimate of drug-likeness (QED) is 0.343. The Labute approximate surface area is 162 Å². The molecule has 2 rings (SSSR count). The number of anilines is 1. The maximum absolute atomic E-state index is 12.0. The lowest BCUT2D eigenvalue weighted by Crippen LogP contribution is -2.61. The number of benzene rings is 1. The first-order chi connectivity index (χ1) is 13.2. The Kier molecular flexibility index (Phi) is 7.33. The molecule has 156 valence electrons. The number of ether oxygens (including phenoxy) is 2. The van der Waals surface area contributed by atoms with Crippen molar-refractivity contribution in [1.82, 2.24) is 5.32 Å². The predicted octanol–water partition coefficient (Wildman–Crippen LogP) is -0.878. The van der Waals surface area contributed by atoms with Crippen molar-refractivity contribution in [3.8, 4) is 5.75 Å². The van der Waals surface area contributed by atoms with Gasteiger partial charge in [-0.25, -0.2) is 4.79 Å². The minimum absolute atomic E-state index is 0.134. The first kappa shape index (κ1) is 22.1. The molecule has 28 heavy (non-hydrogen) atoms. The van der Waals surface area contributed by atoms with Crippen LogP contribution in [0.1, 0.15) is 18.1 Å². The fourth-order valence-corrected chi connectivity index (χ4v) is 2.84. The molecule has 0 saturated carbocycles. The fourth-order valence-electron chi connectivity index (χ4n) is 2.84. The van der Waals surface area contributed by atoms with Crippen molar-refractivity contribution in [3.63, 3.8) is 0 Å². The van der Waals surface area contributed by atoms with Gasteiger partial charge in [-0.3, -0.25) is 4.79 Å². The van der Waals surface area contributed by atoms with E-state index in [1.54, 1.807) is 26.0 Å². The van der Waals surface area contributed by atoms with Crippen LogP contribution in [0.3, 0.4) is 0 Å². The maximum Gasteiger partial charge on any atom is 0.335 e. The molecule has 6 N–H and O–H groups in total. The van der Waals surface area contributed by atoms with Crippen LogP contribution >= 0.6 is 0 Å². The molecule has 0 spiro atoms. The molecule has 0 bridgehead atoms. The molecule has 1 aromatic rings. The average molecular weight is 398 g/mol. The SMILES string of the molecule is CCNCC(=O)Nc1c(C)ccc(O[C@@H]2O[C@H](C(=O)O)[C@@H](O)[C@H](O)[C@H]2O)c1C. The first-order valence-corrected chi connectivity index (χ1v) is 8.87. The van der Waals surface area contributed by atoms with Gasteiger partial charge in [-0.2, -0.15) is 0 Å². The Hall–Kier alpha value is -2.24. The minimum atomic E-state index is -1.80. The van der Waals surface area contributed by atoms with Crippen molar-refractivity contribution in [2.45, 2.75) is 51.5 Å². The molecule has 0 aromatic heterocycles. The Morgan fingerprint density at radius 3 is 2.43 bits per heavy atom. The molecule has 1 saturated heterocycles. The van der Waals surface area contributed by atoms with E-state index in [9.17, 15) is 24.9 Å². The monoisotopic (exact) mass is 398 g/mol. The summed E-state index contributed by atoms with van der Waals surface area (Å²) in [5.41, 5.74) is 1.83. The van der Waals surface area contributed by atoms with E-state index in [2.05, 4.69) is 10.6 Å². The molecular formula is C18H26N2O8. The van der Waals surface area contributed by atoms with Gasteiger partial charge in [0.05, 0.1) is 12.2 Å². The molecule has 1 aliphatic rings. The Morgan fingerprint density at radius 1 is 1.14 bits per heavy atom. The van der Waals surface area contributed by atoms with Crippen LogP contribution in [0.15, 0.2) is 12.1 Å². The van der Waals surface area contributed by atoms with Gasteiger partial charge in [-0.15, -0.1) is 0 Å². The van der Waals surface area contributed by atoms with Gasteiger partial charge in [0.25, 0.3) is 0 Å². The van der Waals surface area contributed by atoms with Crippen molar-refractivity contribution in [2.24, 2.45) is 0 Å². The highest BCUT2D eigenvalue weighted by Gasteiger charge is 2.48. The lowest BCUT2D eigenvalue weighted by atomic mass is 9.99. The molecular weight excluding hydrogens is 372 g/mol. The van der Waals surface area contributed by atoms with E-state index in [-0.39, 0.29) is 18.2 Å². The smallest absolute Gasteiger partial charge is 0.335 e. The average Bonchev–Trinajstić information content (AvgIpc) is 2.65. The number of aryl methyl sites for hydroxylation is 1. The molecule has 5 atom stereocenters. The number of aliphatic carboxylic acids is 1. The number of carboxylic acids is 1. The van der Waals surface area contributed by atoms with E-state index in [4.69, 9.17) is 14.6 Å². The number of likely N-dealkylation sites (N-methyl/N-ethyl adjacent to an activating group) is 1. The summed E-state index contributed by atoms with van der Waals surface area (Å²) in [6.07, 6.45) is -8.50. The van der Waals surface area contributed by atoms with Crippen molar-refractivity contribution >= 4 is 17.6 Å². The van der Waals surface area contributed by atoms with E-state index in [1.165, 1.54) is 0 Å². The first-order valence-electron chi connectivity index (χ1n) is 8.87. The summed E-state index contributed by atoms with van der Waals surface area (Å²) in [6, 6.07) is 3.26. The molecule has 0 radical (unpaired) electrons. The lowest BCUT2D eigenvalue weighted by Gasteiger charge is -2.38. The van der Waals surface area contributed by atoms with E-state index in [0.717, 1.165) is 5.56 Å². The van der Waals surface area contributed by atoms with Crippen LogP contribution in [0.25, 0.3) is 0 Å². The summed E-state index contributed by atoms with van der Waals surface area (Å²) in [5, 5.41) is 44.5. The van der Waals surface area contributed by atoms with Gasteiger partial charge in [0.1, 0.15) is 24.1 Å². The number of aliphatic hydroxyl groups is 3. The normalized spacial score (nSPS) is 27.3. The summed E-state index contributed by atoms with van der Waals surface area (Å²) in [7, 11) is 0. The van der Waals surface area contributed by atoms with Crippen molar-refractivity contribution in [3.05, 3.63) is 23.3 Å². The zero-order valence-corrected chi connectivity index (χ0v) is 15.9. The van der Waals surface area contributed by atoms with Gasteiger partial charge in [0, 0.05) is 5.56 Å². The van der Waals surface area contributed by atoms with Gasteiger partial charge in [-0.1, -0.05) is 13.0 Å². The van der Waals surface area contributed by atoms with Crippen molar-refractivity contribution in [1.29, 1.82) is 0 Å². The van der Waals surface area contributed by atoms with Crippen LogP contribution in [0.5, 0.6) is 5.75 Å². The third kappa shape index (κ3) is 4.78. The van der Waals surface area contributed by atoms with E-state index < -0.39 is 36.7 Å². The Balaban J connectivity index is 2.22. The molecule has 0 unspecified atom stereocenters. The van der Waals surface area contributed by atoms with Crippen LogP contribution in [0.2, 0.25) is 0 Å². The van der Waals surface area contributed by atoms with Crippen LogP contribution in [-0.2, 0) is 14.3 Å². The third-order valence-corrected chi connectivity index (χ3v) is 4.48. The van der Waals surface area contributed by atoms with Gasteiger partial charge >= 0.3 is 5.97 Å². The maximum atomic E-state index is 12.0.